The number of likely N-dealkylation sites (tertiary alicyclic amines) is 1. The monoisotopic (exact) mass is 430 g/mol. The van der Waals surface area contributed by atoms with Gasteiger partial charge in [0.1, 0.15) is 5.69 Å². The van der Waals surface area contributed by atoms with Crippen molar-refractivity contribution in [3.8, 4) is 17.2 Å². The maximum Gasteiger partial charge on any atom is 0.274 e. The van der Waals surface area contributed by atoms with Crippen LogP contribution < -0.4 is 14.2 Å². The molecular weight excluding hydrogens is 408 g/mol. The Balaban J connectivity index is 1.44. The molecule has 6 rings (SSSR count). The van der Waals surface area contributed by atoms with Crippen molar-refractivity contribution in [2.75, 3.05) is 27.9 Å². The summed E-state index contributed by atoms with van der Waals surface area (Å²) in [7, 11) is 4.65. The zero-order valence-corrected chi connectivity index (χ0v) is 18.0. The molecule has 1 saturated carbocycles. The molecule has 1 N–H and O–H groups in total. The molecule has 0 unspecified atom stereocenters. The largest absolute Gasteiger partial charge is 0.493 e. The van der Waals surface area contributed by atoms with Crippen LogP contribution in [-0.2, 0) is 0 Å². The van der Waals surface area contributed by atoms with E-state index in [1.807, 2.05) is 36.4 Å². The molecule has 1 aromatic heterocycles. The Morgan fingerprint density at radius 2 is 1.88 bits per heavy atom. The van der Waals surface area contributed by atoms with Crippen molar-refractivity contribution in [3.05, 3.63) is 58.9 Å². The number of nitrogens with one attached hydrogen (secondary N) is 1. The van der Waals surface area contributed by atoms with Crippen LogP contribution in [0.1, 0.15) is 32.8 Å². The lowest BCUT2D eigenvalue weighted by Gasteiger charge is -2.28. The van der Waals surface area contributed by atoms with Crippen LogP contribution in [0.3, 0.4) is 0 Å². The number of fused-ring (bicyclic) bond motifs is 2. The Morgan fingerprint density at radius 3 is 2.62 bits per heavy atom. The van der Waals surface area contributed by atoms with E-state index < -0.39 is 5.41 Å². The number of aromatic amines is 1. The first-order valence-electron chi connectivity index (χ1n) is 10.5. The number of aromatic nitrogens is 1. The summed E-state index contributed by atoms with van der Waals surface area (Å²) in [6.45, 7) is 0.545. The van der Waals surface area contributed by atoms with E-state index in [4.69, 9.17) is 14.2 Å². The molecule has 7 heteroatoms. The number of ether oxygens (including phenoxy) is 3. The zero-order chi connectivity index (χ0) is 22.2. The maximum atomic E-state index is 13.6. The van der Waals surface area contributed by atoms with Gasteiger partial charge in [-0.05, 0) is 36.1 Å². The summed E-state index contributed by atoms with van der Waals surface area (Å²) in [6.07, 6.45) is 2.82. The number of amides is 1. The summed E-state index contributed by atoms with van der Waals surface area (Å²) in [6, 6.07) is 11.2. The van der Waals surface area contributed by atoms with Crippen molar-refractivity contribution in [2.24, 2.45) is 11.3 Å². The van der Waals surface area contributed by atoms with E-state index in [0.717, 1.165) is 28.6 Å². The minimum Gasteiger partial charge on any atom is -0.493 e. The second-order valence-electron chi connectivity index (χ2n) is 8.53. The molecule has 2 fully saturated rings. The fraction of sp³-hybridized carbons (Fsp3) is 0.280. The Kier molecular flexibility index (Phi) is 3.79. The minimum absolute atomic E-state index is 0.138. The summed E-state index contributed by atoms with van der Waals surface area (Å²) in [5.74, 6) is 1.61. The topological polar surface area (TPSA) is 80.9 Å². The zero-order valence-electron chi connectivity index (χ0n) is 18.0. The average Bonchev–Trinajstić information content (AvgIpc) is 3.20. The predicted molar refractivity (Wildman–Crippen MR) is 118 cm³/mol. The van der Waals surface area contributed by atoms with Gasteiger partial charge in [0.15, 0.2) is 17.3 Å². The number of carbonyl (C=O) groups is 2. The number of hydrogen-bond donors (Lipinski definition) is 1. The molecule has 32 heavy (non-hydrogen) atoms. The van der Waals surface area contributed by atoms with Crippen molar-refractivity contribution >= 4 is 28.7 Å². The van der Waals surface area contributed by atoms with Crippen molar-refractivity contribution in [2.45, 2.75) is 6.42 Å². The van der Waals surface area contributed by atoms with Crippen LogP contribution in [0, 0.1) is 11.3 Å². The minimum atomic E-state index is -0.542. The Bertz CT molecular complexity index is 1350. The highest BCUT2D eigenvalue weighted by Gasteiger charge is 2.69. The van der Waals surface area contributed by atoms with Gasteiger partial charge in [-0.2, -0.15) is 0 Å². The third kappa shape index (κ3) is 2.25. The standard InChI is InChI=1S/C25H22N2O5/c1-30-18-9-14-8-17(26-20(14)22(32-3)21(18)31-2)24(29)27-12-15-11-25(15)19(27)10-13-6-4-5-7-16(13)23(25)28/h4-10,15,26H,11-12H2,1-3H3/t15-,25+/m0/s1. The number of nitrogens with zero attached hydrogens (tertiary/aromatic N) is 1. The van der Waals surface area contributed by atoms with Gasteiger partial charge in [0, 0.05) is 23.2 Å². The molecule has 1 amide bonds. The van der Waals surface area contributed by atoms with E-state index in [0.29, 0.717) is 35.0 Å². The Labute approximate surface area is 184 Å². The van der Waals surface area contributed by atoms with Crippen LogP contribution in [0.25, 0.3) is 17.0 Å². The Morgan fingerprint density at radius 1 is 1.09 bits per heavy atom. The second-order valence-corrected chi connectivity index (χ2v) is 8.53. The molecule has 1 spiro atoms. The van der Waals surface area contributed by atoms with E-state index >= 15 is 0 Å². The van der Waals surface area contributed by atoms with Crippen LogP contribution in [0.2, 0.25) is 0 Å². The van der Waals surface area contributed by atoms with Crippen LogP contribution in [-0.4, -0.2) is 49.4 Å². The lowest BCUT2D eigenvalue weighted by Crippen LogP contribution is -2.34. The molecule has 3 aromatic rings. The highest BCUT2D eigenvalue weighted by molar-refractivity contribution is 6.12. The first kappa shape index (κ1) is 19.0. The van der Waals surface area contributed by atoms with Gasteiger partial charge in [0.05, 0.1) is 32.3 Å². The number of H-pyrrole nitrogens is 1. The number of rotatable bonds is 4. The molecule has 162 valence electrons. The van der Waals surface area contributed by atoms with Crippen molar-refractivity contribution in [1.29, 1.82) is 0 Å². The lowest BCUT2D eigenvalue weighted by molar-refractivity contribution is 0.0799. The third-order valence-corrected chi connectivity index (χ3v) is 7.05. The molecule has 1 saturated heterocycles. The fourth-order valence-electron chi connectivity index (χ4n) is 5.44. The van der Waals surface area contributed by atoms with Crippen LogP contribution in [0.15, 0.2) is 42.1 Å². The van der Waals surface area contributed by atoms with Crippen molar-refractivity contribution < 1.29 is 23.8 Å². The van der Waals surface area contributed by atoms with Gasteiger partial charge in [-0.1, -0.05) is 24.3 Å². The molecular formula is C25H22N2O5. The van der Waals surface area contributed by atoms with E-state index in [2.05, 4.69) is 4.98 Å². The number of hydrogen-bond acceptors (Lipinski definition) is 5. The highest BCUT2D eigenvalue weighted by Crippen LogP contribution is 2.67. The third-order valence-electron chi connectivity index (χ3n) is 7.05. The first-order chi connectivity index (χ1) is 15.5. The quantitative estimate of drug-likeness (QED) is 0.679. The van der Waals surface area contributed by atoms with Gasteiger partial charge in [0.2, 0.25) is 5.75 Å². The number of methoxy groups -OCH3 is 3. The Hall–Kier alpha value is -3.74. The molecule has 2 heterocycles. The predicted octanol–water partition coefficient (Wildman–Crippen LogP) is 3.89. The van der Waals surface area contributed by atoms with Crippen LogP contribution >= 0.6 is 0 Å². The summed E-state index contributed by atoms with van der Waals surface area (Å²) >= 11 is 0. The van der Waals surface area contributed by atoms with Crippen LogP contribution in [0.5, 0.6) is 17.2 Å². The highest BCUT2D eigenvalue weighted by atomic mass is 16.5. The van der Waals surface area contributed by atoms with Gasteiger partial charge in [0.25, 0.3) is 5.91 Å². The molecule has 3 aliphatic rings. The SMILES string of the molecule is COc1cc2cc(C(=O)N3C[C@@H]4C[C@@]45C(=O)c4ccccc4C=C35)[nH]c2c(OC)c1OC. The molecule has 2 aliphatic carbocycles. The first-order valence-corrected chi connectivity index (χ1v) is 10.5. The van der Waals surface area contributed by atoms with Crippen LogP contribution in [0.4, 0.5) is 0 Å². The molecule has 2 aromatic carbocycles. The number of allylic oxidation sites excluding steroid dienone is 1. The lowest BCUT2D eigenvalue weighted by atomic mass is 9.83. The number of Topliss-reactive ketones (excluding diaryl/α,β-unsaturated/α-hetero) is 1. The molecule has 0 bridgehead atoms. The molecule has 7 nitrogen and oxygen atoms in total. The fourth-order valence-corrected chi connectivity index (χ4v) is 5.44. The molecule has 1 aliphatic heterocycles. The smallest absolute Gasteiger partial charge is 0.274 e. The van der Waals surface area contributed by atoms with Gasteiger partial charge in [-0.15, -0.1) is 0 Å². The number of ketones is 1. The van der Waals surface area contributed by atoms with E-state index in [9.17, 15) is 9.59 Å². The summed E-state index contributed by atoms with van der Waals surface area (Å²) in [5.41, 5.74) is 2.99. The number of piperidine rings is 1. The average molecular weight is 430 g/mol. The van der Waals surface area contributed by atoms with E-state index in [1.54, 1.807) is 32.3 Å². The number of carbonyl (C=O) groups excluding carboxylic acids is 2. The van der Waals surface area contributed by atoms with E-state index in [1.165, 1.54) is 0 Å². The molecule has 2 atom stereocenters. The summed E-state index contributed by atoms with van der Waals surface area (Å²) < 4.78 is 16.4. The van der Waals surface area contributed by atoms with Gasteiger partial charge in [-0.25, -0.2) is 0 Å². The normalized spacial score (nSPS) is 22.7. The van der Waals surface area contributed by atoms with Gasteiger partial charge < -0.3 is 24.1 Å². The number of benzene rings is 2. The summed E-state index contributed by atoms with van der Waals surface area (Å²) in [4.78, 5) is 31.9. The molecule has 0 radical (unpaired) electrons. The van der Waals surface area contributed by atoms with Crippen molar-refractivity contribution in [1.82, 2.24) is 9.88 Å². The van der Waals surface area contributed by atoms with Crippen molar-refractivity contribution in [3.63, 3.8) is 0 Å². The summed E-state index contributed by atoms with van der Waals surface area (Å²) in [5, 5.41) is 0.779. The van der Waals surface area contributed by atoms with Gasteiger partial charge >= 0.3 is 0 Å². The van der Waals surface area contributed by atoms with Gasteiger partial charge in [-0.3, -0.25) is 9.59 Å². The second kappa shape index (κ2) is 6.38. The maximum absolute atomic E-state index is 13.6. The van der Waals surface area contributed by atoms with E-state index in [-0.39, 0.29) is 17.6 Å².